The molecule has 3 rings (SSSR count). The lowest BCUT2D eigenvalue weighted by Gasteiger charge is -2.35. The number of rotatable bonds is 2. The number of anilines is 1. The van der Waals surface area contributed by atoms with Gasteiger partial charge in [0.15, 0.2) is 5.13 Å². The molecule has 112 valence electrons. The van der Waals surface area contributed by atoms with Crippen LogP contribution in [0, 0.1) is 0 Å². The summed E-state index contributed by atoms with van der Waals surface area (Å²) < 4.78 is 1.17. The molecule has 3 nitrogen and oxygen atoms in total. The molecule has 2 heterocycles. The summed E-state index contributed by atoms with van der Waals surface area (Å²) in [5.41, 5.74) is 1.05. The zero-order valence-electron chi connectivity index (χ0n) is 11.1. The summed E-state index contributed by atoms with van der Waals surface area (Å²) in [6.45, 7) is 5.35. The summed E-state index contributed by atoms with van der Waals surface area (Å²) >= 11 is 7.76. The highest BCUT2D eigenvalue weighted by Gasteiger charge is 2.23. The molecule has 1 atom stereocenters. The first-order valence-corrected chi connectivity index (χ1v) is 7.51. The molecule has 0 spiro atoms. The molecular weight excluding hydrogens is 337 g/mol. The van der Waals surface area contributed by atoms with Crippen molar-refractivity contribution in [3.63, 3.8) is 0 Å². The van der Waals surface area contributed by atoms with Crippen molar-refractivity contribution in [2.75, 3.05) is 24.5 Å². The average molecular weight is 355 g/mol. The SMILES string of the molecule is CC[C@H]1CNCCN1c1nc2ccc(Cl)cc2s1.Cl.Cl. The van der Waals surface area contributed by atoms with Crippen LogP contribution in [0.25, 0.3) is 10.2 Å². The predicted octanol–water partition coefficient (Wildman–Crippen LogP) is 3.98. The number of nitrogens with zero attached hydrogens (tertiary/aromatic N) is 2. The van der Waals surface area contributed by atoms with E-state index in [4.69, 9.17) is 16.6 Å². The molecular formula is C13H18Cl3N3S. The molecule has 7 heteroatoms. The number of thiazole rings is 1. The van der Waals surface area contributed by atoms with E-state index in [0.29, 0.717) is 6.04 Å². The number of piperazine rings is 1. The molecule has 0 amide bonds. The number of hydrogen-bond donors (Lipinski definition) is 1. The zero-order chi connectivity index (χ0) is 12.5. The van der Waals surface area contributed by atoms with E-state index in [0.717, 1.165) is 41.7 Å². The van der Waals surface area contributed by atoms with Gasteiger partial charge in [-0.15, -0.1) is 24.8 Å². The fourth-order valence-corrected chi connectivity index (χ4v) is 3.73. The zero-order valence-corrected chi connectivity index (χ0v) is 14.3. The maximum atomic E-state index is 6.02. The summed E-state index contributed by atoms with van der Waals surface area (Å²) in [4.78, 5) is 7.16. The molecule has 0 radical (unpaired) electrons. The lowest BCUT2D eigenvalue weighted by Crippen LogP contribution is -2.51. The van der Waals surface area contributed by atoms with Gasteiger partial charge in [-0.3, -0.25) is 0 Å². The molecule has 0 aliphatic carbocycles. The van der Waals surface area contributed by atoms with Gasteiger partial charge in [0.1, 0.15) is 0 Å². The molecule has 1 aromatic heterocycles. The lowest BCUT2D eigenvalue weighted by molar-refractivity contribution is 0.466. The van der Waals surface area contributed by atoms with Crippen LogP contribution < -0.4 is 10.2 Å². The van der Waals surface area contributed by atoms with Crippen LogP contribution in [0.1, 0.15) is 13.3 Å². The van der Waals surface area contributed by atoms with E-state index in [1.165, 1.54) is 4.70 Å². The Balaban J connectivity index is 0.000001000. The van der Waals surface area contributed by atoms with Gasteiger partial charge in [0, 0.05) is 30.7 Å². The molecule has 1 aromatic carbocycles. The molecule has 1 fully saturated rings. The summed E-state index contributed by atoms with van der Waals surface area (Å²) in [6.07, 6.45) is 1.14. The van der Waals surface area contributed by atoms with Gasteiger partial charge in [-0.05, 0) is 24.6 Å². The number of halogens is 3. The van der Waals surface area contributed by atoms with E-state index in [2.05, 4.69) is 17.1 Å². The van der Waals surface area contributed by atoms with Gasteiger partial charge in [-0.25, -0.2) is 4.98 Å². The summed E-state index contributed by atoms with van der Waals surface area (Å²) in [5.74, 6) is 0. The Kier molecular flexibility index (Phi) is 6.82. The van der Waals surface area contributed by atoms with Gasteiger partial charge >= 0.3 is 0 Å². The monoisotopic (exact) mass is 353 g/mol. The molecule has 2 aromatic rings. The Bertz CT molecular complexity index is 561. The van der Waals surface area contributed by atoms with Gasteiger partial charge < -0.3 is 10.2 Å². The smallest absolute Gasteiger partial charge is 0.186 e. The second-order valence-electron chi connectivity index (χ2n) is 4.57. The Hall–Kier alpha value is -0.260. The van der Waals surface area contributed by atoms with Crippen molar-refractivity contribution in [1.29, 1.82) is 0 Å². The number of fused-ring (bicyclic) bond motifs is 1. The fraction of sp³-hybridized carbons (Fsp3) is 0.462. The third-order valence-corrected chi connectivity index (χ3v) is 4.70. The van der Waals surface area contributed by atoms with Crippen LogP contribution in [0.4, 0.5) is 5.13 Å². The molecule has 1 saturated heterocycles. The number of nitrogens with one attached hydrogen (secondary N) is 1. The maximum absolute atomic E-state index is 6.02. The van der Waals surface area contributed by atoms with Crippen LogP contribution in [-0.4, -0.2) is 30.7 Å². The van der Waals surface area contributed by atoms with Crippen molar-refractivity contribution in [2.45, 2.75) is 19.4 Å². The van der Waals surface area contributed by atoms with Crippen molar-refractivity contribution < 1.29 is 0 Å². The third kappa shape index (κ3) is 3.49. The fourth-order valence-electron chi connectivity index (χ4n) is 2.39. The summed E-state index contributed by atoms with van der Waals surface area (Å²) in [7, 11) is 0. The second kappa shape index (κ2) is 7.66. The average Bonchev–Trinajstić information content (AvgIpc) is 2.81. The highest BCUT2D eigenvalue weighted by atomic mass is 35.5. The Morgan fingerprint density at radius 2 is 2.25 bits per heavy atom. The van der Waals surface area contributed by atoms with E-state index in [1.807, 2.05) is 18.2 Å². The highest BCUT2D eigenvalue weighted by Crippen LogP contribution is 2.32. The van der Waals surface area contributed by atoms with Crippen LogP contribution in [-0.2, 0) is 0 Å². The predicted molar refractivity (Wildman–Crippen MR) is 93.4 cm³/mol. The quantitative estimate of drug-likeness (QED) is 0.884. The third-order valence-electron chi connectivity index (χ3n) is 3.41. The van der Waals surface area contributed by atoms with Crippen molar-refractivity contribution in [1.82, 2.24) is 10.3 Å². The second-order valence-corrected chi connectivity index (χ2v) is 6.01. The Morgan fingerprint density at radius 3 is 3.00 bits per heavy atom. The van der Waals surface area contributed by atoms with Gasteiger partial charge in [-0.1, -0.05) is 29.9 Å². The standard InChI is InChI=1S/C13H16ClN3S.2ClH/c1-2-10-8-15-5-6-17(10)13-16-11-4-3-9(14)7-12(11)18-13;;/h3-4,7,10,15H,2,5-6,8H2,1H3;2*1H/t10-;;/m0../s1. The minimum Gasteiger partial charge on any atom is -0.343 e. The molecule has 0 saturated carbocycles. The first kappa shape index (κ1) is 17.8. The molecule has 1 N–H and O–H groups in total. The summed E-state index contributed by atoms with van der Waals surface area (Å²) in [5, 5.41) is 5.35. The van der Waals surface area contributed by atoms with Crippen LogP contribution >= 0.6 is 47.8 Å². The maximum Gasteiger partial charge on any atom is 0.186 e. The molecule has 1 aliphatic rings. The first-order valence-electron chi connectivity index (χ1n) is 6.31. The van der Waals surface area contributed by atoms with E-state index < -0.39 is 0 Å². The van der Waals surface area contributed by atoms with E-state index >= 15 is 0 Å². The van der Waals surface area contributed by atoms with Crippen LogP contribution in [0.15, 0.2) is 18.2 Å². The van der Waals surface area contributed by atoms with Gasteiger partial charge in [-0.2, -0.15) is 0 Å². The topological polar surface area (TPSA) is 28.2 Å². The van der Waals surface area contributed by atoms with Gasteiger partial charge in [0.25, 0.3) is 0 Å². The minimum atomic E-state index is 0. The van der Waals surface area contributed by atoms with Gasteiger partial charge in [0.05, 0.1) is 10.2 Å². The lowest BCUT2D eigenvalue weighted by atomic mass is 10.1. The number of aromatic nitrogens is 1. The molecule has 20 heavy (non-hydrogen) atoms. The van der Waals surface area contributed by atoms with Crippen molar-refractivity contribution in [3.8, 4) is 0 Å². The molecule has 1 aliphatic heterocycles. The Labute approximate surface area is 140 Å². The van der Waals surface area contributed by atoms with E-state index in [1.54, 1.807) is 11.3 Å². The highest BCUT2D eigenvalue weighted by molar-refractivity contribution is 7.22. The normalized spacial score (nSPS) is 18.5. The van der Waals surface area contributed by atoms with Crippen molar-refractivity contribution in [3.05, 3.63) is 23.2 Å². The Morgan fingerprint density at radius 1 is 1.45 bits per heavy atom. The number of benzene rings is 1. The van der Waals surface area contributed by atoms with Crippen LogP contribution in [0.3, 0.4) is 0 Å². The minimum absolute atomic E-state index is 0. The molecule has 0 unspecified atom stereocenters. The summed E-state index contributed by atoms with van der Waals surface area (Å²) in [6, 6.07) is 6.46. The van der Waals surface area contributed by atoms with Crippen LogP contribution in [0.2, 0.25) is 5.02 Å². The van der Waals surface area contributed by atoms with Crippen LogP contribution in [0.5, 0.6) is 0 Å². The van der Waals surface area contributed by atoms with E-state index in [-0.39, 0.29) is 24.8 Å². The molecule has 0 bridgehead atoms. The largest absolute Gasteiger partial charge is 0.343 e. The van der Waals surface area contributed by atoms with Crippen molar-refractivity contribution >= 4 is 63.1 Å². The number of hydrogen-bond acceptors (Lipinski definition) is 4. The van der Waals surface area contributed by atoms with E-state index in [9.17, 15) is 0 Å². The van der Waals surface area contributed by atoms with Gasteiger partial charge in [0.2, 0.25) is 0 Å². The first-order chi connectivity index (χ1) is 8.78. The van der Waals surface area contributed by atoms with Crippen molar-refractivity contribution in [2.24, 2.45) is 0 Å².